The first-order valence-electron chi connectivity index (χ1n) is 10.9. The summed E-state index contributed by atoms with van der Waals surface area (Å²) >= 11 is 0. The summed E-state index contributed by atoms with van der Waals surface area (Å²) in [5.74, 6) is 0.0834. The number of carbonyl (C=O) groups is 2. The van der Waals surface area contributed by atoms with Crippen LogP contribution in [0, 0.1) is 11.8 Å². The first-order valence-corrected chi connectivity index (χ1v) is 10.9. The Morgan fingerprint density at radius 1 is 1.27 bits per heavy atom. The number of pyridine rings is 1. The van der Waals surface area contributed by atoms with Crippen LogP contribution in [0.5, 0.6) is 5.88 Å². The van der Waals surface area contributed by atoms with E-state index in [1.807, 2.05) is 19.9 Å². The zero-order chi connectivity index (χ0) is 21.5. The van der Waals surface area contributed by atoms with E-state index in [4.69, 9.17) is 9.47 Å². The maximum atomic E-state index is 12.8. The highest BCUT2D eigenvalue weighted by molar-refractivity contribution is 5.95. The average Bonchev–Trinajstić information content (AvgIpc) is 3.40. The summed E-state index contributed by atoms with van der Waals surface area (Å²) in [5.41, 5.74) is 1.10. The molecule has 0 radical (unpaired) electrons. The van der Waals surface area contributed by atoms with Gasteiger partial charge in [0.1, 0.15) is 25.0 Å². The van der Waals surface area contributed by atoms with E-state index in [1.54, 1.807) is 6.07 Å². The summed E-state index contributed by atoms with van der Waals surface area (Å²) in [6, 6.07) is 2.68. The molecule has 7 nitrogen and oxygen atoms in total. The molecule has 3 rings (SSSR count). The minimum atomic E-state index is -0.847. The summed E-state index contributed by atoms with van der Waals surface area (Å²) in [4.78, 5) is 31.8. The lowest BCUT2D eigenvalue weighted by Gasteiger charge is -2.22. The van der Waals surface area contributed by atoms with Crippen LogP contribution in [0.25, 0.3) is 0 Å². The molecule has 8 heteroatoms. The number of carbonyl (C=O) groups excluding carboxylic acids is 2. The van der Waals surface area contributed by atoms with Gasteiger partial charge in [0.05, 0.1) is 12.3 Å². The standard InChI is InChI=1S/C22H32FN3O4/c1-15(2)13-18(22(28)29-12-9-23)24-20(27)17-7-8-19(26-10-3-4-11-26)21(25-17)30-14-16-5-6-16/h7-8,15-16,18H,3-6,9-14H2,1-2H3,(H,24,27)/t18-/m1/s1. The molecular formula is C22H32FN3O4. The summed E-state index contributed by atoms with van der Waals surface area (Å²) in [6.07, 6.45) is 4.98. The van der Waals surface area contributed by atoms with E-state index < -0.39 is 24.6 Å². The molecule has 1 atom stereocenters. The van der Waals surface area contributed by atoms with Crippen LogP contribution in [0.2, 0.25) is 0 Å². The number of hydrogen-bond acceptors (Lipinski definition) is 6. The van der Waals surface area contributed by atoms with Crippen molar-refractivity contribution in [1.29, 1.82) is 0 Å². The lowest BCUT2D eigenvalue weighted by Crippen LogP contribution is -2.43. The van der Waals surface area contributed by atoms with E-state index in [9.17, 15) is 14.0 Å². The number of rotatable bonds is 11. The molecule has 2 heterocycles. The monoisotopic (exact) mass is 421 g/mol. The predicted octanol–water partition coefficient (Wildman–Crippen LogP) is 3.13. The van der Waals surface area contributed by atoms with Crippen LogP contribution in [-0.2, 0) is 9.53 Å². The second kappa shape index (κ2) is 10.6. The summed E-state index contributed by atoms with van der Waals surface area (Å²) in [6.45, 7) is 5.31. The number of esters is 1. The molecule has 166 valence electrons. The first-order chi connectivity index (χ1) is 14.5. The lowest BCUT2D eigenvalue weighted by atomic mass is 10.0. The molecule has 1 aliphatic carbocycles. The van der Waals surface area contributed by atoms with Gasteiger partial charge in [-0.05, 0) is 56.1 Å². The topological polar surface area (TPSA) is 80.8 Å². The van der Waals surface area contributed by atoms with E-state index in [0.29, 0.717) is 24.8 Å². The Hall–Kier alpha value is -2.38. The molecule has 1 saturated carbocycles. The van der Waals surface area contributed by atoms with Crippen LogP contribution in [0.4, 0.5) is 10.1 Å². The van der Waals surface area contributed by atoms with Crippen molar-refractivity contribution in [1.82, 2.24) is 10.3 Å². The van der Waals surface area contributed by atoms with Crippen LogP contribution in [-0.4, -0.2) is 55.9 Å². The van der Waals surface area contributed by atoms with Gasteiger partial charge in [-0.25, -0.2) is 14.2 Å². The Labute approximate surface area is 177 Å². The molecule has 0 aromatic carbocycles. The molecule has 1 aromatic heterocycles. The van der Waals surface area contributed by atoms with Crippen molar-refractivity contribution in [3.63, 3.8) is 0 Å². The zero-order valence-electron chi connectivity index (χ0n) is 17.9. The van der Waals surface area contributed by atoms with Crippen molar-refractivity contribution < 1.29 is 23.5 Å². The zero-order valence-corrected chi connectivity index (χ0v) is 17.9. The van der Waals surface area contributed by atoms with E-state index in [1.165, 1.54) is 0 Å². The van der Waals surface area contributed by atoms with Crippen LogP contribution in [0.15, 0.2) is 12.1 Å². The van der Waals surface area contributed by atoms with Gasteiger partial charge in [-0.3, -0.25) is 4.79 Å². The maximum absolute atomic E-state index is 12.8. The lowest BCUT2D eigenvalue weighted by molar-refractivity contribution is -0.146. The number of aromatic nitrogens is 1. The van der Waals surface area contributed by atoms with Crippen LogP contribution < -0.4 is 15.0 Å². The number of alkyl halides is 1. The normalized spacial score (nSPS) is 17.1. The van der Waals surface area contributed by atoms with E-state index in [0.717, 1.165) is 44.5 Å². The van der Waals surface area contributed by atoms with Crippen molar-refractivity contribution in [2.24, 2.45) is 11.8 Å². The molecular weight excluding hydrogens is 389 g/mol. The third-order valence-corrected chi connectivity index (χ3v) is 5.29. The molecule has 0 spiro atoms. The Morgan fingerprint density at radius 2 is 2.00 bits per heavy atom. The minimum Gasteiger partial charge on any atom is -0.476 e. The number of halogens is 1. The number of ether oxygens (including phenoxy) is 2. The molecule has 30 heavy (non-hydrogen) atoms. The van der Waals surface area contributed by atoms with Crippen molar-refractivity contribution >= 4 is 17.6 Å². The quantitative estimate of drug-likeness (QED) is 0.553. The van der Waals surface area contributed by atoms with Crippen molar-refractivity contribution in [2.45, 2.75) is 52.0 Å². The molecule has 1 saturated heterocycles. The number of amides is 1. The molecule has 0 bridgehead atoms. The second-order valence-corrected chi connectivity index (χ2v) is 8.48. The van der Waals surface area contributed by atoms with Gasteiger partial charge in [-0.15, -0.1) is 0 Å². The molecule has 1 amide bonds. The average molecular weight is 422 g/mol. The second-order valence-electron chi connectivity index (χ2n) is 8.48. The third-order valence-electron chi connectivity index (χ3n) is 5.29. The molecule has 1 N–H and O–H groups in total. The van der Waals surface area contributed by atoms with Gasteiger partial charge >= 0.3 is 5.97 Å². The smallest absolute Gasteiger partial charge is 0.328 e. The van der Waals surface area contributed by atoms with Gasteiger partial charge in [0.2, 0.25) is 5.88 Å². The first kappa shape index (κ1) is 22.3. The summed E-state index contributed by atoms with van der Waals surface area (Å²) in [5, 5.41) is 2.70. The van der Waals surface area contributed by atoms with E-state index in [2.05, 4.69) is 15.2 Å². The van der Waals surface area contributed by atoms with Gasteiger partial charge in [-0.1, -0.05) is 13.8 Å². The highest BCUT2D eigenvalue weighted by Crippen LogP contribution is 2.33. The molecule has 1 aromatic rings. The molecule has 1 aliphatic heterocycles. The molecule has 2 aliphatic rings. The highest BCUT2D eigenvalue weighted by Gasteiger charge is 2.27. The summed E-state index contributed by atoms with van der Waals surface area (Å²) < 4.78 is 23.2. The molecule has 2 fully saturated rings. The fourth-order valence-corrected chi connectivity index (χ4v) is 3.50. The molecule has 0 unspecified atom stereocenters. The van der Waals surface area contributed by atoms with Crippen LogP contribution in [0.3, 0.4) is 0 Å². The Kier molecular flexibility index (Phi) is 7.87. The van der Waals surface area contributed by atoms with Crippen LogP contribution in [0.1, 0.15) is 56.4 Å². The predicted molar refractivity (Wildman–Crippen MR) is 112 cm³/mol. The van der Waals surface area contributed by atoms with Crippen molar-refractivity contribution in [3.05, 3.63) is 17.8 Å². The number of nitrogens with zero attached hydrogens (tertiary/aromatic N) is 2. The third kappa shape index (κ3) is 6.31. The fraction of sp³-hybridized carbons (Fsp3) is 0.682. The Balaban J connectivity index is 1.73. The van der Waals surface area contributed by atoms with E-state index >= 15 is 0 Å². The minimum absolute atomic E-state index is 0.149. The van der Waals surface area contributed by atoms with E-state index in [-0.39, 0.29) is 18.2 Å². The van der Waals surface area contributed by atoms with Gasteiger partial charge < -0.3 is 19.7 Å². The maximum Gasteiger partial charge on any atom is 0.328 e. The number of nitrogens with one attached hydrogen (secondary N) is 1. The summed E-state index contributed by atoms with van der Waals surface area (Å²) in [7, 11) is 0. The van der Waals surface area contributed by atoms with Crippen molar-refractivity contribution in [2.75, 3.05) is 37.9 Å². The van der Waals surface area contributed by atoms with Gasteiger partial charge in [0.25, 0.3) is 5.91 Å². The SMILES string of the molecule is CC(C)C[C@@H](NC(=O)c1ccc(N2CCCC2)c(OCC2CC2)n1)C(=O)OCCF. The fourth-order valence-electron chi connectivity index (χ4n) is 3.50. The van der Waals surface area contributed by atoms with Crippen molar-refractivity contribution in [3.8, 4) is 5.88 Å². The van der Waals surface area contributed by atoms with Gasteiger partial charge in [0.15, 0.2) is 0 Å². The number of hydrogen-bond donors (Lipinski definition) is 1. The Bertz CT molecular complexity index is 733. The number of anilines is 1. The highest BCUT2D eigenvalue weighted by atomic mass is 19.1. The van der Waals surface area contributed by atoms with Gasteiger partial charge in [0, 0.05) is 13.1 Å². The Morgan fingerprint density at radius 3 is 2.63 bits per heavy atom. The van der Waals surface area contributed by atoms with Crippen LogP contribution >= 0.6 is 0 Å². The van der Waals surface area contributed by atoms with Gasteiger partial charge in [-0.2, -0.15) is 0 Å². The largest absolute Gasteiger partial charge is 0.476 e.